The molecule has 0 amide bonds. The highest BCUT2D eigenvalue weighted by Crippen LogP contribution is 2.49. The molecule has 0 aliphatic carbocycles. The number of phenolic OH excluding ortho intramolecular Hbond substituents is 1. The first kappa shape index (κ1) is 32.8. The summed E-state index contributed by atoms with van der Waals surface area (Å²) in [5.41, 5.74) is 5.59. The normalized spacial score (nSPS) is 13.3. The fourth-order valence-electron chi connectivity index (χ4n) is 5.42. The van der Waals surface area contributed by atoms with E-state index in [0.29, 0.717) is 5.56 Å². The zero-order chi connectivity index (χ0) is 32.2. The summed E-state index contributed by atoms with van der Waals surface area (Å²) < 4.78 is 16.6. The Morgan fingerprint density at radius 3 is 1.14 bits per heavy atom. The fraction of sp³-hybridized carbons (Fsp3) is 0.400. The number of hydrogen-bond donors (Lipinski definition) is 1. The van der Waals surface area contributed by atoms with Crippen LogP contribution in [0.5, 0.6) is 5.75 Å². The van der Waals surface area contributed by atoms with Crippen LogP contribution in [0, 0.1) is 0 Å². The molecule has 0 aliphatic rings. The van der Waals surface area contributed by atoms with Crippen molar-refractivity contribution in [2.75, 3.05) is 0 Å². The molecule has 0 aliphatic heterocycles. The van der Waals surface area contributed by atoms with Crippen molar-refractivity contribution in [1.29, 1.82) is 0 Å². The smallest absolute Gasteiger partial charge is 0.171 e. The number of aromatic hydroxyl groups is 1. The van der Waals surface area contributed by atoms with Crippen molar-refractivity contribution >= 4 is 23.1 Å². The van der Waals surface area contributed by atoms with Crippen LogP contribution >= 0.6 is 7.14 Å². The first-order valence-corrected chi connectivity index (χ1v) is 17.2. The Kier molecular flexibility index (Phi) is 8.49. The van der Waals surface area contributed by atoms with E-state index in [1.165, 1.54) is 22.3 Å². The lowest BCUT2D eigenvalue weighted by Crippen LogP contribution is -2.31. The van der Waals surface area contributed by atoms with E-state index in [9.17, 15) is 5.11 Å². The summed E-state index contributed by atoms with van der Waals surface area (Å²) in [5.74, 6) is 0.180. The lowest BCUT2D eigenvalue weighted by atomic mass is 9.81. The van der Waals surface area contributed by atoms with Gasteiger partial charge in [0, 0.05) is 21.5 Å². The molecular weight excluding hydrogens is 543 g/mol. The maximum absolute atomic E-state index is 16.6. The Labute approximate surface area is 261 Å². The lowest BCUT2D eigenvalue weighted by molar-refractivity contribution is 0.477. The Hall–Kier alpha value is -3.09. The predicted molar refractivity (Wildman–Crippen MR) is 188 cm³/mol. The molecule has 2 nitrogen and oxygen atoms in total. The van der Waals surface area contributed by atoms with Gasteiger partial charge in [0.1, 0.15) is 5.75 Å². The standard InChI is InChI=1S/C40H51O2P/c1-37(2,3)27-21-28(38(4,5)6)24-31(23-27)43(42,32-25-29(39(7,8)9)22-30(26-32)40(10,11)12)36-20-16-14-18-34(36)33-17-13-15-19-35(33)41/h13-26,41H,1-12H3. The van der Waals surface area contributed by atoms with Crippen LogP contribution in [-0.4, -0.2) is 5.11 Å². The van der Waals surface area contributed by atoms with Gasteiger partial charge < -0.3 is 9.67 Å². The Balaban J connectivity index is 2.25. The number of hydrogen-bond acceptors (Lipinski definition) is 2. The van der Waals surface area contributed by atoms with Crippen LogP contribution in [0.1, 0.15) is 105 Å². The van der Waals surface area contributed by atoms with Crippen LogP contribution in [0.25, 0.3) is 11.1 Å². The van der Waals surface area contributed by atoms with Gasteiger partial charge in [-0.05, 0) is 79.8 Å². The van der Waals surface area contributed by atoms with Gasteiger partial charge in [0.05, 0.1) is 0 Å². The number of phenols is 1. The summed E-state index contributed by atoms with van der Waals surface area (Å²) in [5, 5.41) is 13.4. The first-order chi connectivity index (χ1) is 19.6. The Morgan fingerprint density at radius 2 is 0.791 bits per heavy atom. The van der Waals surface area contributed by atoms with Crippen LogP contribution in [0.4, 0.5) is 0 Å². The summed E-state index contributed by atoms with van der Waals surface area (Å²) in [6, 6.07) is 28.6. The van der Waals surface area contributed by atoms with Gasteiger partial charge >= 0.3 is 0 Å². The van der Waals surface area contributed by atoms with Crippen LogP contribution in [0.15, 0.2) is 84.9 Å². The zero-order valence-electron chi connectivity index (χ0n) is 28.4. The third-order valence-corrected chi connectivity index (χ3v) is 11.5. The average Bonchev–Trinajstić information content (AvgIpc) is 2.90. The number of rotatable bonds is 4. The SMILES string of the molecule is CC(C)(C)c1cc(C(C)(C)C)cc(P(=O)(c2cc(C(C)(C)C)cc(C(C)(C)C)c2)c2ccccc2-c2ccccc2O)c1. The molecule has 0 fully saturated rings. The minimum Gasteiger partial charge on any atom is -0.507 e. The van der Waals surface area contributed by atoms with E-state index in [1.54, 1.807) is 6.07 Å². The van der Waals surface area contributed by atoms with E-state index < -0.39 is 7.14 Å². The Morgan fingerprint density at radius 1 is 0.465 bits per heavy atom. The van der Waals surface area contributed by atoms with Gasteiger partial charge in [-0.25, -0.2) is 0 Å². The fourth-order valence-corrected chi connectivity index (χ4v) is 8.39. The monoisotopic (exact) mass is 594 g/mol. The van der Waals surface area contributed by atoms with Crippen molar-refractivity contribution in [1.82, 2.24) is 0 Å². The molecular formula is C40H51O2P. The molecule has 0 aromatic heterocycles. The molecule has 228 valence electrons. The van der Waals surface area contributed by atoms with E-state index in [1.807, 2.05) is 42.5 Å². The van der Waals surface area contributed by atoms with Gasteiger partial charge in [0.2, 0.25) is 0 Å². The molecule has 0 spiro atoms. The van der Waals surface area contributed by atoms with Gasteiger partial charge in [-0.1, -0.05) is 138 Å². The van der Waals surface area contributed by atoms with Gasteiger partial charge in [0.15, 0.2) is 7.14 Å². The molecule has 0 saturated carbocycles. The van der Waals surface area contributed by atoms with Crippen molar-refractivity contribution in [2.24, 2.45) is 0 Å². The van der Waals surface area contributed by atoms with Crippen molar-refractivity contribution in [3.63, 3.8) is 0 Å². The summed E-state index contributed by atoms with van der Waals surface area (Å²) in [6.07, 6.45) is 0. The molecule has 0 radical (unpaired) electrons. The highest BCUT2D eigenvalue weighted by Gasteiger charge is 2.37. The lowest BCUT2D eigenvalue weighted by Gasteiger charge is -2.32. The number of benzene rings is 4. The molecule has 0 saturated heterocycles. The summed E-state index contributed by atoms with van der Waals surface area (Å²) in [6.45, 7) is 26.6. The molecule has 4 aromatic carbocycles. The first-order valence-electron chi connectivity index (χ1n) is 15.4. The topological polar surface area (TPSA) is 37.3 Å². The third kappa shape index (κ3) is 6.71. The van der Waals surface area contributed by atoms with E-state index in [2.05, 4.69) is 119 Å². The molecule has 0 bridgehead atoms. The largest absolute Gasteiger partial charge is 0.507 e. The molecule has 4 aromatic rings. The van der Waals surface area contributed by atoms with Crippen molar-refractivity contribution in [3.05, 3.63) is 107 Å². The second-order valence-corrected chi connectivity index (χ2v) is 18.9. The van der Waals surface area contributed by atoms with Gasteiger partial charge in [0.25, 0.3) is 0 Å². The van der Waals surface area contributed by atoms with Crippen LogP contribution in [0.3, 0.4) is 0 Å². The Bertz CT molecular complexity index is 1540. The second kappa shape index (κ2) is 11.1. The molecule has 43 heavy (non-hydrogen) atoms. The second-order valence-electron chi connectivity index (χ2n) is 16.2. The van der Waals surface area contributed by atoms with Gasteiger partial charge in [-0.15, -0.1) is 0 Å². The third-order valence-electron chi connectivity index (χ3n) is 8.46. The van der Waals surface area contributed by atoms with Crippen molar-refractivity contribution in [2.45, 2.75) is 105 Å². The molecule has 0 atom stereocenters. The van der Waals surface area contributed by atoms with Crippen LogP contribution in [-0.2, 0) is 26.2 Å². The van der Waals surface area contributed by atoms with Crippen LogP contribution < -0.4 is 15.9 Å². The number of para-hydroxylation sites is 1. The minimum absolute atomic E-state index is 0.137. The highest BCUT2D eigenvalue weighted by molar-refractivity contribution is 7.85. The van der Waals surface area contributed by atoms with Crippen LogP contribution in [0.2, 0.25) is 0 Å². The molecule has 0 unspecified atom stereocenters. The van der Waals surface area contributed by atoms with E-state index in [4.69, 9.17) is 0 Å². The van der Waals surface area contributed by atoms with Crippen molar-refractivity contribution in [3.8, 4) is 16.9 Å². The van der Waals surface area contributed by atoms with E-state index in [0.717, 1.165) is 21.5 Å². The van der Waals surface area contributed by atoms with E-state index in [-0.39, 0.29) is 27.4 Å². The van der Waals surface area contributed by atoms with Gasteiger partial charge in [-0.3, -0.25) is 0 Å². The maximum Gasteiger partial charge on any atom is 0.171 e. The van der Waals surface area contributed by atoms with E-state index >= 15 is 4.57 Å². The summed E-state index contributed by atoms with van der Waals surface area (Å²) in [7, 11) is -3.50. The quantitative estimate of drug-likeness (QED) is 0.239. The summed E-state index contributed by atoms with van der Waals surface area (Å²) in [4.78, 5) is 0. The summed E-state index contributed by atoms with van der Waals surface area (Å²) >= 11 is 0. The predicted octanol–water partition coefficient (Wildman–Crippen LogP) is 9.89. The molecule has 3 heteroatoms. The maximum atomic E-state index is 16.6. The average molecular weight is 595 g/mol. The van der Waals surface area contributed by atoms with Gasteiger partial charge in [-0.2, -0.15) is 0 Å². The molecule has 4 rings (SSSR count). The highest BCUT2D eigenvalue weighted by atomic mass is 31.2. The minimum atomic E-state index is -3.50. The zero-order valence-corrected chi connectivity index (χ0v) is 29.3. The molecule has 0 heterocycles. The van der Waals surface area contributed by atoms with Crippen molar-refractivity contribution < 1.29 is 9.67 Å². The molecule has 1 N–H and O–H groups in total.